The molecule has 0 aliphatic heterocycles. The van der Waals surface area contributed by atoms with Crippen LogP contribution in [0.15, 0.2) is 34.7 Å². The van der Waals surface area contributed by atoms with Crippen LogP contribution in [-0.2, 0) is 19.5 Å². The topological polar surface area (TPSA) is 45.4 Å². The molecule has 0 aliphatic rings. The van der Waals surface area contributed by atoms with Gasteiger partial charge in [0.1, 0.15) is 17.3 Å². The van der Waals surface area contributed by atoms with Crippen molar-refractivity contribution in [3.05, 3.63) is 40.6 Å². The number of rotatable bonds is 2. The molecule has 2 aromatic rings. The van der Waals surface area contributed by atoms with Gasteiger partial charge in [-0.25, -0.2) is 0 Å². The van der Waals surface area contributed by atoms with E-state index in [2.05, 4.69) is 0 Å². The molecule has 6 heteroatoms. The van der Waals surface area contributed by atoms with Crippen LogP contribution in [0.3, 0.4) is 0 Å². The first-order chi connectivity index (χ1) is 8.11. The minimum absolute atomic E-state index is 0. The van der Waals surface area contributed by atoms with Crippen LogP contribution >= 0.6 is 12.2 Å². The van der Waals surface area contributed by atoms with E-state index in [4.69, 9.17) is 21.4 Å². The number of hydrogen-bond donors (Lipinski definition) is 0. The first kappa shape index (κ1) is 18.1. The zero-order chi connectivity index (χ0) is 12.4. The molecule has 2 rings (SSSR count). The molecule has 0 bridgehead atoms. The monoisotopic (exact) mass is 384 g/mol. The first-order valence-corrected chi connectivity index (χ1v) is 5.49. The van der Waals surface area contributed by atoms with E-state index < -0.39 is 0 Å². The Bertz CT molecular complexity index is 596. The summed E-state index contributed by atoms with van der Waals surface area (Å²) < 4.78 is 10.8. The van der Waals surface area contributed by atoms with Crippen molar-refractivity contribution in [2.24, 2.45) is 0 Å². The Labute approximate surface area is 135 Å². The zero-order valence-corrected chi connectivity index (χ0v) is 13.6. The molecule has 1 aromatic carbocycles. The summed E-state index contributed by atoms with van der Waals surface area (Å²) in [5.41, 5.74) is 0.700. The molecule has 102 valence electrons. The van der Waals surface area contributed by atoms with Gasteiger partial charge in [-0.2, -0.15) is 0 Å². The van der Waals surface area contributed by atoms with E-state index in [-0.39, 0.29) is 47.9 Å². The Hall–Kier alpha value is -0.897. The number of halogens is 1. The molecular weight excluding hydrogens is 373 g/mol. The van der Waals surface area contributed by atoms with Crippen LogP contribution in [0.2, 0.25) is 0 Å². The number of aryl methyl sites for hydroxylation is 1. The van der Waals surface area contributed by atoms with E-state index >= 15 is 0 Å². The fourth-order valence-electron chi connectivity index (χ4n) is 1.53. The summed E-state index contributed by atoms with van der Waals surface area (Å²) in [4.78, 5) is 0. The molecule has 1 aromatic heterocycles. The van der Waals surface area contributed by atoms with Gasteiger partial charge in [0.15, 0.2) is 0 Å². The standard InChI is InChI=1S/C13H12O3S.ClH.Ru/c1-8-7-11(17)12(14)13(16-8)9-3-5-10(15-2)6-4-9;;/h3-7,14H,1-2H3;1H;/q;;+2/p-2. The number of methoxy groups -OCH3 is 1. The second kappa shape index (κ2) is 7.63. The van der Waals surface area contributed by atoms with Crippen molar-refractivity contribution in [1.29, 1.82) is 0 Å². The minimum atomic E-state index is -0.254. The van der Waals surface area contributed by atoms with Crippen molar-refractivity contribution in [2.45, 2.75) is 6.92 Å². The van der Waals surface area contributed by atoms with Crippen molar-refractivity contribution < 1.29 is 46.1 Å². The van der Waals surface area contributed by atoms with Gasteiger partial charge in [-0.05, 0) is 43.0 Å². The summed E-state index contributed by atoms with van der Waals surface area (Å²) in [6.45, 7) is 1.77. The Balaban J connectivity index is 0.00000162. The average Bonchev–Trinajstić information content (AvgIpc) is 2.34. The molecule has 0 saturated carbocycles. The molecule has 0 fully saturated rings. The van der Waals surface area contributed by atoms with Gasteiger partial charge in [0.25, 0.3) is 0 Å². The molecule has 19 heavy (non-hydrogen) atoms. The van der Waals surface area contributed by atoms with Gasteiger partial charge in [0.05, 0.1) is 7.11 Å². The molecular formula is C13H11ClO3RuS. The third kappa shape index (κ3) is 4.03. The maximum atomic E-state index is 11.8. The molecule has 0 saturated heterocycles. The quantitative estimate of drug-likeness (QED) is 0.544. The fourth-order valence-corrected chi connectivity index (χ4v) is 1.79. The van der Waals surface area contributed by atoms with Gasteiger partial charge in [-0.1, -0.05) is 12.2 Å². The van der Waals surface area contributed by atoms with Crippen molar-refractivity contribution in [2.75, 3.05) is 7.11 Å². The Morgan fingerprint density at radius 2 is 1.79 bits per heavy atom. The second-order valence-electron chi connectivity index (χ2n) is 3.61. The van der Waals surface area contributed by atoms with Gasteiger partial charge < -0.3 is 26.7 Å². The van der Waals surface area contributed by atoms with Gasteiger partial charge in [0.2, 0.25) is 0 Å². The third-order valence-corrected chi connectivity index (χ3v) is 2.68. The first-order valence-electron chi connectivity index (χ1n) is 5.08. The van der Waals surface area contributed by atoms with E-state index in [1.807, 2.05) is 0 Å². The number of ether oxygens (including phenoxy) is 1. The van der Waals surface area contributed by atoms with E-state index in [0.29, 0.717) is 11.3 Å². The zero-order valence-electron chi connectivity index (χ0n) is 10.3. The molecule has 0 unspecified atom stereocenters. The van der Waals surface area contributed by atoms with E-state index in [0.717, 1.165) is 5.75 Å². The summed E-state index contributed by atoms with van der Waals surface area (Å²) in [5.74, 6) is 1.38. The van der Waals surface area contributed by atoms with Crippen LogP contribution in [-0.4, -0.2) is 7.11 Å². The number of hydrogen-bond acceptors (Lipinski definition) is 4. The van der Waals surface area contributed by atoms with Crippen LogP contribution in [0.1, 0.15) is 5.76 Å². The summed E-state index contributed by atoms with van der Waals surface area (Å²) in [6.07, 6.45) is 0. The van der Waals surface area contributed by atoms with Crippen LogP contribution in [0.25, 0.3) is 11.3 Å². The molecule has 0 N–H and O–H groups in total. The molecule has 0 spiro atoms. The van der Waals surface area contributed by atoms with Crippen LogP contribution in [0, 0.1) is 11.4 Å². The average molecular weight is 384 g/mol. The van der Waals surface area contributed by atoms with Gasteiger partial charge in [0, 0.05) is 10.1 Å². The Morgan fingerprint density at radius 1 is 1.21 bits per heavy atom. The van der Waals surface area contributed by atoms with E-state index in [1.54, 1.807) is 44.4 Å². The maximum Gasteiger partial charge on any atom is 2.00 e. The second-order valence-corrected chi connectivity index (χ2v) is 4.05. The molecule has 0 amide bonds. The van der Waals surface area contributed by atoms with Crippen molar-refractivity contribution in [3.8, 4) is 22.8 Å². The van der Waals surface area contributed by atoms with Crippen LogP contribution in [0.5, 0.6) is 11.5 Å². The summed E-state index contributed by atoms with van der Waals surface area (Å²) in [7, 11) is 1.59. The largest absolute Gasteiger partial charge is 2.00 e. The fraction of sp³-hybridized carbons (Fsp3) is 0.154. The predicted molar refractivity (Wildman–Crippen MR) is 65.7 cm³/mol. The van der Waals surface area contributed by atoms with Gasteiger partial charge in [-0.3, -0.25) is 0 Å². The van der Waals surface area contributed by atoms with Crippen molar-refractivity contribution in [1.82, 2.24) is 0 Å². The summed E-state index contributed by atoms with van der Waals surface area (Å²) in [6, 6.07) is 8.65. The van der Waals surface area contributed by atoms with Crippen LogP contribution < -0.4 is 22.3 Å². The van der Waals surface area contributed by atoms with Crippen LogP contribution in [0.4, 0.5) is 0 Å². The Morgan fingerprint density at radius 3 is 2.32 bits per heavy atom. The normalized spacial score (nSPS) is 9.16. The van der Waals surface area contributed by atoms with E-state index in [9.17, 15) is 5.11 Å². The SMILES string of the molecule is COc1ccc(-c2oc(C)cc(=S)c2[O-])cc1.[Cl-].[Ru+2]. The Kier molecular flexibility index (Phi) is 7.27. The summed E-state index contributed by atoms with van der Waals surface area (Å²) in [5, 5.41) is 11.8. The number of benzene rings is 1. The van der Waals surface area contributed by atoms with Crippen molar-refractivity contribution >= 4 is 12.2 Å². The van der Waals surface area contributed by atoms with Crippen molar-refractivity contribution in [3.63, 3.8) is 0 Å². The smallest absolute Gasteiger partial charge is 1.00 e. The van der Waals surface area contributed by atoms with Gasteiger partial charge >= 0.3 is 19.5 Å². The predicted octanol–water partition coefficient (Wildman–Crippen LogP) is 0.0682. The molecule has 0 atom stereocenters. The molecule has 0 radical (unpaired) electrons. The van der Waals surface area contributed by atoms with E-state index in [1.165, 1.54) is 0 Å². The minimum Gasteiger partial charge on any atom is -1.00 e. The van der Waals surface area contributed by atoms with Gasteiger partial charge in [-0.15, -0.1) is 0 Å². The molecule has 3 nitrogen and oxygen atoms in total. The maximum absolute atomic E-state index is 11.8. The molecule has 0 aliphatic carbocycles. The summed E-state index contributed by atoms with van der Waals surface area (Å²) >= 11 is 4.98. The third-order valence-electron chi connectivity index (χ3n) is 2.38. The molecule has 1 heterocycles.